The molecule has 5 aromatic carbocycles. The van der Waals surface area contributed by atoms with Crippen LogP contribution in [0.4, 0.5) is 0 Å². The van der Waals surface area contributed by atoms with Crippen molar-refractivity contribution in [3.8, 4) is 23.0 Å². The molecule has 0 unspecified atom stereocenters. The molecule has 5 rings (SSSR count). The summed E-state index contributed by atoms with van der Waals surface area (Å²) in [6, 6.07) is 21.3. The average Bonchev–Trinajstić information content (AvgIpc) is 3.13. The van der Waals surface area contributed by atoms with Crippen molar-refractivity contribution in [1.82, 2.24) is 0 Å². The second-order valence-corrected chi connectivity index (χ2v) is 13.4. The number of rotatable bonds is 14. The zero-order chi connectivity index (χ0) is 41.2. The Hall–Kier alpha value is -6.82. The van der Waals surface area contributed by atoms with Gasteiger partial charge < -0.3 is 39.4 Å². The van der Waals surface area contributed by atoms with Crippen molar-refractivity contribution in [2.24, 2.45) is 0 Å². The van der Waals surface area contributed by atoms with E-state index < -0.39 is 35.7 Å². The molecule has 0 aliphatic rings. The Morgan fingerprint density at radius 1 is 0.375 bits per heavy atom. The number of carboxylic acid groups (broad SMARTS) is 4. The number of ether oxygens (including phenoxy) is 4. The van der Waals surface area contributed by atoms with Gasteiger partial charge in [0.1, 0.15) is 45.3 Å². The molecule has 0 bridgehead atoms. The van der Waals surface area contributed by atoms with Crippen LogP contribution in [-0.4, -0.2) is 72.7 Å². The molecule has 0 saturated carbocycles. The third kappa shape index (κ3) is 7.58. The van der Waals surface area contributed by atoms with Gasteiger partial charge in [0.15, 0.2) is 0 Å². The first-order chi connectivity index (χ1) is 26.6. The summed E-state index contributed by atoms with van der Waals surface area (Å²) in [6.45, 7) is 6.71. The fourth-order valence-electron chi connectivity index (χ4n) is 7.57. The quantitative estimate of drug-likeness (QED) is 0.0798. The third-order valence-electron chi connectivity index (χ3n) is 9.96. The SMILES string of the molecule is COc1cc(C(c2ccc(C(c3cc(C)c(C(=O)O)c(OC)c3)c3cc(C)c(C(=O)O)c(OC)c3)cc2)c2cc(C)c(C(=O)O)c(OC)c2)cc(C)c1C(=O)O. The molecular formula is C44H42O12. The van der Waals surface area contributed by atoms with Gasteiger partial charge in [-0.25, -0.2) is 19.2 Å². The zero-order valence-electron chi connectivity index (χ0n) is 32.1. The van der Waals surface area contributed by atoms with Crippen molar-refractivity contribution in [3.63, 3.8) is 0 Å². The summed E-state index contributed by atoms with van der Waals surface area (Å²) in [5.41, 5.74) is 6.11. The van der Waals surface area contributed by atoms with E-state index >= 15 is 0 Å². The number of methoxy groups -OCH3 is 4. The van der Waals surface area contributed by atoms with Gasteiger partial charge in [0, 0.05) is 11.8 Å². The molecule has 290 valence electrons. The Labute approximate surface area is 323 Å². The molecule has 0 saturated heterocycles. The van der Waals surface area contributed by atoms with E-state index in [2.05, 4.69) is 0 Å². The summed E-state index contributed by atoms with van der Waals surface area (Å²) in [5, 5.41) is 39.8. The van der Waals surface area contributed by atoms with Gasteiger partial charge in [-0.1, -0.05) is 48.5 Å². The van der Waals surface area contributed by atoms with Gasteiger partial charge >= 0.3 is 23.9 Å². The Morgan fingerprint density at radius 3 is 0.732 bits per heavy atom. The monoisotopic (exact) mass is 762 g/mol. The highest BCUT2D eigenvalue weighted by Gasteiger charge is 2.28. The van der Waals surface area contributed by atoms with E-state index in [0.29, 0.717) is 44.5 Å². The second-order valence-electron chi connectivity index (χ2n) is 13.4. The van der Waals surface area contributed by atoms with Crippen LogP contribution in [0.2, 0.25) is 0 Å². The van der Waals surface area contributed by atoms with Crippen LogP contribution >= 0.6 is 0 Å². The van der Waals surface area contributed by atoms with Crippen molar-refractivity contribution in [3.05, 3.63) is 151 Å². The third-order valence-corrected chi connectivity index (χ3v) is 9.96. The average molecular weight is 763 g/mol. The molecule has 12 nitrogen and oxygen atoms in total. The maximum atomic E-state index is 12.2. The van der Waals surface area contributed by atoms with Crippen LogP contribution in [0, 0.1) is 27.7 Å². The van der Waals surface area contributed by atoms with Crippen LogP contribution in [0.25, 0.3) is 0 Å². The van der Waals surface area contributed by atoms with E-state index in [9.17, 15) is 39.6 Å². The molecule has 0 spiro atoms. The van der Waals surface area contributed by atoms with Gasteiger partial charge in [-0.3, -0.25) is 0 Å². The van der Waals surface area contributed by atoms with Gasteiger partial charge in [-0.15, -0.1) is 0 Å². The Balaban J connectivity index is 1.79. The van der Waals surface area contributed by atoms with E-state index in [1.807, 2.05) is 24.3 Å². The highest BCUT2D eigenvalue weighted by atomic mass is 16.5. The van der Waals surface area contributed by atoms with Gasteiger partial charge in [0.05, 0.1) is 28.4 Å². The van der Waals surface area contributed by atoms with Crippen LogP contribution in [0.1, 0.15) is 109 Å². The lowest BCUT2D eigenvalue weighted by Gasteiger charge is -2.25. The van der Waals surface area contributed by atoms with E-state index in [1.165, 1.54) is 28.4 Å². The van der Waals surface area contributed by atoms with Crippen molar-refractivity contribution in [2.75, 3.05) is 28.4 Å². The first kappa shape index (κ1) is 40.4. The molecule has 12 heteroatoms. The minimum Gasteiger partial charge on any atom is -0.496 e. The Morgan fingerprint density at radius 2 is 0.571 bits per heavy atom. The minimum atomic E-state index is -1.15. The molecule has 0 aliphatic heterocycles. The predicted molar refractivity (Wildman–Crippen MR) is 207 cm³/mol. The Bertz CT molecular complexity index is 2070. The van der Waals surface area contributed by atoms with Crippen LogP contribution in [0.15, 0.2) is 72.8 Å². The number of benzene rings is 5. The van der Waals surface area contributed by atoms with Crippen molar-refractivity contribution in [1.29, 1.82) is 0 Å². The fraction of sp³-hybridized carbons (Fsp3) is 0.227. The van der Waals surface area contributed by atoms with Crippen molar-refractivity contribution >= 4 is 23.9 Å². The molecule has 0 amide bonds. The number of aromatic carboxylic acids is 4. The normalized spacial score (nSPS) is 11.0. The molecule has 0 fully saturated rings. The summed E-state index contributed by atoms with van der Waals surface area (Å²) < 4.78 is 22.2. The Kier molecular flexibility index (Phi) is 11.7. The maximum Gasteiger partial charge on any atom is 0.339 e. The van der Waals surface area contributed by atoms with Crippen molar-refractivity contribution in [2.45, 2.75) is 39.5 Å². The molecule has 0 aromatic heterocycles. The smallest absolute Gasteiger partial charge is 0.339 e. The van der Waals surface area contributed by atoms with E-state index in [0.717, 1.165) is 11.1 Å². The molecule has 0 atom stereocenters. The van der Waals surface area contributed by atoms with Gasteiger partial charge in [0.25, 0.3) is 0 Å². The van der Waals surface area contributed by atoms with Crippen LogP contribution in [0.3, 0.4) is 0 Å². The molecule has 56 heavy (non-hydrogen) atoms. The first-order valence-electron chi connectivity index (χ1n) is 17.3. The summed E-state index contributed by atoms with van der Waals surface area (Å²) in [6.07, 6.45) is 0. The summed E-state index contributed by atoms with van der Waals surface area (Å²) in [4.78, 5) is 48.8. The largest absolute Gasteiger partial charge is 0.496 e. The summed E-state index contributed by atoms with van der Waals surface area (Å²) in [5.74, 6) is -5.09. The lowest BCUT2D eigenvalue weighted by atomic mass is 9.79. The molecular weight excluding hydrogens is 720 g/mol. The number of carbonyl (C=O) groups is 4. The topological polar surface area (TPSA) is 186 Å². The standard InChI is InChI=1S/C44H42O12/c1-21-13-27(17-31(53-5)35(21)41(45)46)39(28-14-22(2)36(42(47)48)32(18-28)54-6)25-9-11-26(12-10-25)40(29-15-23(3)37(43(49)50)33(19-29)55-7)30-16-24(4)38(44(51)52)34(20-30)56-8/h9-20,39-40H,1-8H3,(H,45,46)(H,47,48)(H,49,50)(H,51,52). The molecule has 0 aliphatic carbocycles. The van der Waals surface area contributed by atoms with Gasteiger partial charge in [-0.05, 0) is 108 Å². The molecule has 0 heterocycles. The predicted octanol–water partition coefficient (Wildman–Crippen LogP) is 8.11. The van der Waals surface area contributed by atoms with E-state index in [4.69, 9.17) is 18.9 Å². The number of hydrogen-bond donors (Lipinski definition) is 4. The second kappa shape index (κ2) is 16.3. The number of aryl methyl sites for hydroxylation is 4. The lowest BCUT2D eigenvalue weighted by Crippen LogP contribution is -2.12. The van der Waals surface area contributed by atoms with Gasteiger partial charge in [0.2, 0.25) is 0 Å². The van der Waals surface area contributed by atoms with Gasteiger partial charge in [-0.2, -0.15) is 0 Å². The fourth-order valence-corrected chi connectivity index (χ4v) is 7.57. The van der Waals surface area contributed by atoms with Crippen LogP contribution in [-0.2, 0) is 0 Å². The molecule has 5 aromatic rings. The molecule has 4 N–H and O–H groups in total. The number of hydrogen-bond acceptors (Lipinski definition) is 8. The summed E-state index contributed by atoms with van der Waals surface area (Å²) in [7, 11) is 5.57. The maximum absolute atomic E-state index is 12.2. The minimum absolute atomic E-state index is 0.0162. The van der Waals surface area contributed by atoms with Crippen molar-refractivity contribution < 1.29 is 58.6 Å². The molecule has 0 radical (unpaired) electrons. The van der Waals surface area contributed by atoms with E-state index in [-0.39, 0.29) is 45.3 Å². The summed E-state index contributed by atoms with van der Waals surface area (Å²) >= 11 is 0. The lowest BCUT2D eigenvalue weighted by molar-refractivity contribution is 0.0681. The number of carboxylic acids is 4. The van der Waals surface area contributed by atoms with Crippen LogP contribution in [0.5, 0.6) is 23.0 Å². The highest BCUT2D eigenvalue weighted by molar-refractivity contribution is 5.95. The first-order valence-corrected chi connectivity index (χ1v) is 17.3. The zero-order valence-corrected chi connectivity index (χ0v) is 32.1. The van der Waals surface area contributed by atoms with Crippen LogP contribution < -0.4 is 18.9 Å². The van der Waals surface area contributed by atoms with E-state index in [1.54, 1.807) is 76.2 Å². The highest BCUT2D eigenvalue weighted by Crippen LogP contribution is 2.42.